The fourth-order valence-electron chi connectivity index (χ4n) is 4.90. The van der Waals surface area contributed by atoms with Gasteiger partial charge in [-0.3, -0.25) is 19.2 Å². The van der Waals surface area contributed by atoms with Gasteiger partial charge >= 0.3 is 13.3 Å². The van der Waals surface area contributed by atoms with Crippen LogP contribution in [0.1, 0.15) is 36.2 Å². The molecule has 1 aromatic carbocycles. The summed E-state index contributed by atoms with van der Waals surface area (Å²) in [7, 11) is -1.64. The number of pyridine rings is 1. The van der Waals surface area contributed by atoms with Gasteiger partial charge in [-0.1, -0.05) is 18.2 Å². The maximum atomic E-state index is 13.4. The number of hydrogen-bond acceptors (Lipinski definition) is 6. The number of benzene rings is 1. The van der Waals surface area contributed by atoms with E-state index in [0.29, 0.717) is 29.6 Å². The summed E-state index contributed by atoms with van der Waals surface area (Å²) < 4.78 is 52.6. The number of nitrogens with zero attached hydrogens (tertiary/aromatic N) is 3. The van der Waals surface area contributed by atoms with Crippen LogP contribution in [0.3, 0.4) is 0 Å². The first-order valence-corrected chi connectivity index (χ1v) is 11.5. The van der Waals surface area contributed by atoms with E-state index >= 15 is 0 Å². The highest BCUT2D eigenvalue weighted by atomic mass is 19.4. The summed E-state index contributed by atoms with van der Waals surface area (Å²) >= 11 is 0. The van der Waals surface area contributed by atoms with E-state index in [9.17, 15) is 27.6 Å². The summed E-state index contributed by atoms with van der Waals surface area (Å²) in [5.41, 5.74) is 3.06. The summed E-state index contributed by atoms with van der Waals surface area (Å²) in [6.45, 7) is 2.71. The summed E-state index contributed by atoms with van der Waals surface area (Å²) in [5, 5.41) is 22.4. The topological polar surface area (TPSA) is 71.9 Å². The molecular formula is C23H29BF4N4O2. The molecule has 1 fully saturated rings. The predicted molar refractivity (Wildman–Crippen MR) is 123 cm³/mol. The van der Waals surface area contributed by atoms with Crippen LogP contribution in [0.4, 0.5) is 23.2 Å². The number of anilines is 1. The number of halogens is 4. The zero-order valence-corrected chi connectivity index (χ0v) is 19.0. The van der Waals surface area contributed by atoms with Gasteiger partial charge in [-0.25, -0.2) is 0 Å². The van der Waals surface area contributed by atoms with Crippen LogP contribution in [0.15, 0.2) is 36.5 Å². The average molecular weight is 480 g/mol. The smallest absolute Gasteiger partial charge is 0.423 e. The Morgan fingerprint density at radius 1 is 1.18 bits per heavy atom. The predicted octanol–water partition coefficient (Wildman–Crippen LogP) is 2.12. The fourth-order valence-corrected chi connectivity index (χ4v) is 4.90. The van der Waals surface area contributed by atoms with Crippen molar-refractivity contribution in [2.45, 2.75) is 44.1 Å². The standard InChI is InChI=1S/C23H29BF4N4O2/c1-15-9-16-10-17(24(33)34)3-5-20(16)22(32(15)14-23(26,27)28)21-6-4-18(11-29-21)30-19-12-31(13-19)8-2-7-25/h3-6,10-11,15,19,22,30,33-34H,2,7-9,12-14H2,1H3/t15-,22+/m0/s1. The molecule has 0 saturated carbocycles. The maximum absolute atomic E-state index is 13.4. The van der Waals surface area contributed by atoms with E-state index < -0.39 is 31.9 Å². The Balaban J connectivity index is 1.56. The van der Waals surface area contributed by atoms with E-state index in [0.717, 1.165) is 30.9 Å². The summed E-state index contributed by atoms with van der Waals surface area (Å²) in [6.07, 6.45) is -1.85. The van der Waals surface area contributed by atoms with Gasteiger partial charge in [0.05, 0.1) is 42.9 Å². The SMILES string of the molecule is C[C@H]1Cc2cc(B(O)O)ccc2[C@H](c2ccc(NC3CN(CCCF)C3)cn2)N1CC(F)(F)F. The Morgan fingerprint density at radius 2 is 1.94 bits per heavy atom. The Morgan fingerprint density at radius 3 is 2.56 bits per heavy atom. The van der Waals surface area contributed by atoms with Crippen molar-refractivity contribution in [1.29, 1.82) is 0 Å². The quantitative estimate of drug-likeness (QED) is 0.398. The third-order valence-corrected chi connectivity index (χ3v) is 6.54. The number of rotatable bonds is 8. The van der Waals surface area contributed by atoms with Gasteiger partial charge < -0.3 is 15.4 Å². The van der Waals surface area contributed by atoms with Gasteiger partial charge in [-0.2, -0.15) is 13.2 Å². The lowest BCUT2D eigenvalue weighted by atomic mass is 9.76. The van der Waals surface area contributed by atoms with E-state index in [4.69, 9.17) is 0 Å². The number of aromatic nitrogens is 1. The Hall–Kier alpha value is -2.21. The number of hydrogen-bond donors (Lipinski definition) is 3. The molecule has 2 aromatic rings. The van der Waals surface area contributed by atoms with E-state index in [1.807, 2.05) is 6.07 Å². The number of likely N-dealkylation sites (tertiary alicyclic amines) is 1. The van der Waals surface area contributed by atoms with Gasteiger partial charge in [0.1, 0.15) is 0 Å². The Kier molecular flexibility index (Phi) is 7.46. The van der Waals surface area contributed by atoms with Crippen LogP contribution in [0, 0.1) is 0 Å². The summed E-state index contributed by atoms with van der Waals surface area (Å²) in [5.74, 6) is 0. The molecule has 1 saturated heterocycles. The summed E-state index contributed by atoms with van der Waals surface area (Å²) in [4.78, 5) is 8.08. The van der Waals surface area contributed by atoms with E-state index in [1.165, 1.54) is 11.0 Å². The van der Waals surface area contributed by atoms with Crippen molar-refractivity contribution >= 4 is 18.3 Å². The molecule has 11 heteroatoms. The molecule has 3 heterocycles. The molecule has 184 valence electrons. The molecule has 0 aliphatic carbocycles. The van der Waals surface area contributed by atoms with Crippen LogP contribution < -0.4 is 10.8 Å². The lowest BCUT2D eigenvalue weighted by Crippen LogP contribution is -2.54. The van der Waals surface area contributed by atoms with Crippen LogP contribution in [0.25, 0.3) is 0 Å². The molecule has 0 amide bonds. The second-order valence-corrected chi connectivity index (χ2v) is 9.19. The van der Waals surface area contributed by atoms with E-state index in [1.54, 1.807) is 31.3 Å². The molecule has 4 rings (SSSR count). The molecule has 2 atom stereocenters. The van der Waals surface area contributed by atoms with Crippen LogP contribution >= 0.6 is 0 Å². The fraction of sp³-hybridized carbons (Fsp3) is 0.522. The number of nitrogens with one attached hydrogen (secondary N) is 1. The molecule has 0 bridgehead atoms. The largest absolute Gasteiger partial charge is 0.488 e. The average Bonchev–Trinajstić information content (AvgIpc) is 2.75. The van der Waals surface area contributed by atoms with E-state index in [-0.39, 0.29) is 12.7 Å². The van der Waals surface area contributed by atoms with Crippen molar-refractivity contribution in [3.05, 3.63) is 53.3 Å². The highest BCUT2D eigenvalue weighted by Gasteiger charge is 2.41. The molecule has 0 spiro atoms. The maximum Gasteiger partial charge on any atom is 0.488 e. The number of fused-ring (bicyclic) bond motifs is 1. The lowest BCUT2D eigenvalue weighted by Gasteiger charge is -2.42. The van der Waals surface area contributed by atoms with Crippen molar-refractivity contribution in [3.8, 4) is 0 Å². The molecule has 2 aliphatic heterocycles. The third kappa shape index (κ3) is 5.71. The van der Waals surface area contributed by atoms with Crippen LogP contribution in [-0.4, -0.2) is 83.1 Å². The first-order chi connectivity index (χ1) is 16.1. The van der Waals surface area contributed by atoms with Crippen LogP contribution in [0.5, 0.6) is 0 Å². The Labute approximate surface area is 196 Å². The van der Waals surface area contributed by atoms with Crippen LogP contribution in [-0.2, 0) is 6.42 Å². The van der Waals surface area contributed by atoms with Crippen molar-refractivity contribution < 1.29 is 27.6 Å². The summed E-state index contributed by atoms with van der Waals surface area (Å²) in [6, 6.07) is 7.50. The van der Waals surface area contributed by atoms with Gasteiger partial charge in [0, 0.05) is 25.7 Å². The second-order valence-electron chi connectivity index (χ2n) is 9.19. The van der Waals surface area contributed by atoms with Crippen molar-refractivity contribution in [2.75, 3.05) is 38.2 Å². The Bertz CT molecular complexity index is 970. The van der Waals surface area contributed by atoms with Gasteiger partial charge in [-0.15, -0.1) is 0 Å². The molecule has 3 N–H and O–H groups in total. The zero-order valence-electron chi connectivity index (χ0n) is 19.0. The molecule has 1 aromatic heterocycles. The molecule has 2 aliphatic rings. The number of alkyl halides is 4. The highest BCUT2D eigenvalue weighted by Crippen LogP contribution is 2.38. The first kappa shape index (κ1) is 24.9. The first-order valence-electron chi connectivity index (χ1n) is 11.5. The van der Waals surface area contributed by atoms with Gasteiger partial charge in [0.15, 0.2) is 0 Å². The minimum atomic E-state index is -4.37. The van der Waals surface area contributed by atoms with E-state index in [2.05, 4.69) is 15.2 Å². The molecule has 34 heavy (non-hydrogen) atoms. The molecule has 6 nitrogen and oxygen atoms in total. The molecule has 0 radical (unpaired) electrons. The second kappa shape index (κ2) is 10.2. The molecular weight excluding hydrogens is 451 g/mol. The lowest BCUT2D eigenvalue weighted by molar-refractivity contribution is -0.155. The molecule has 0 unspecified atom stereocenters. The highest BCUT2D eigenvalue weighted by molar-refractivity contribution is 6.58. The van der Waals surface area contributed by atoms with Gasteiger partial charge in [0.25, 0.3) is 0 Å². The minimum absolute atomic E-state index is 0.229. The minimum Gasteiger partial charge on any atom is -0.423 e. The van der Waals surface area contributed by atoms with Gasteiger partial charge in [-0.05, 0) is 48.5 Å². The van der Waals surface area contributed by atoms with Crippen molar-refractivity contribution in [1.82, 2.24) is 14.8 Å². The monoisotopic (exact) mass is 480 g/mol. The van der Waals surface area contributed by atoms with Gasteiger partial charge in [0.2, 0.25) is 0 Å². The van der Waals surface area contributed by atoms with Crippen LogP contribution in [0.2, 0.25) is 0 Å². The normalized spacial score (nSPS) is 21.7. The zero-order chi connectivity index (χ0) is 24.5. The third-order valence-electron chi connectivity index (χ3n) is 6.54. The van der Waals surface area contributed by atoms with Crippen molar-refractivity contribution in [3.63, 3.8) is 0 Å². The van der Waals surface area contributed by atoms with Crippen molar-refractivity contribution in [2.24, 2.45) is 0 Å².